The van der Waals surface area contributed by atoms with Gasteiger partial charge in [0.1, 0.15) is 11.8 Å². The lowest BCUT2D eigenvalue weighted by molar-refractivity contribution is -0.143. The molecule has 0 spiro atoms. The Kier molecular flexibility index (Phi) is 9.19. The number of carbonyl (C=O) groups is 2. The minimum absolute atomic E-state index is 0.152. The second-order valence-electron chi connectivity index (χ2n) is 9.28. The topological polar surface area (TPSA) is 58.6 Å². The molecule has 3 aromatic carbocycles. The second kappa shape index (κ2) is 12.1. The van der Waals surface area contributed by atoms with Crippen LogP contribution in [0.3, 0.4) is 0 Å². The van der Waals surface area contributed by atoms with E-state index in [1.54, 1.807) is 30.3 Å². The summed E-state index contributed by atoms with van der Waals surface area (Å²) >= 11 is 12.6. The lowest BCUT2D eigenvalue weighted by Gasteiger charge is -2.34. The highest BCUT2D eigenvalue weighted by atomic mass is 35.5. The molecule has 0 aromatic heterocycles. The molecule has 0 bridgehead atoms. The number of hydrogen-bond donors (Lipinski definition) is 1. The van der Waals surface area contributed by atoms with Crippen molar-refractivity contribution in [2.75, 3.05) is 6.61 Å². The first-order chi connectivity index (χ1) is 16.6. The molecule has 5 nitrogen and oxygen atoms in total. The normalized spacial score (nSPS) is 12.0. The number of nitrogens with one attached hydrogen (secondary N) is 1. The molecule has 0 radical (unpaired) electrons. The molecule has 3 rings (SSSR count). The summed E-state index contributed by atoms with van der Waals surface area (Å²) in [5, 5.41) is 3.96. The molecular weight excluding hydrogens is 483 g/mol. The van der Waals surface area contributed by atoms with Gasteiger partial charge in [-0.3, -0.25) is 9.59 Å². The zero-order valence-corrected chi connectivity index (χ0v) is 21.6. The predicted octanol–water partition coefficient (Wildman–Crippen LogP) is 5.93. The van der Waals surface area contributed by atoms with Crippen LogP contribution in [0.2, 0.25) is 10.0 Å². The highest BCUT2D eigenvalue weighted by molar-refractivity contribution is 6.32. The van der Waals surface area contributed by atoms with Crippen LogP contribution in [0.15, 0.2) is 78.9 Å². The van der Waals surface area contributed by atoms with Crippen molar-refractivity contribution in [2.24, 2.45) is 0 Å². The third-order valence-corrected chi connectivity index (χ3v) is 5.94. The van der Waals surface area contributed by atoms with Crippen LogP contribution in [0.4, 0.5) is 0 Å². The number of benzene rings is 3. The largest absolute Gasteiger partial charge is 0.482 e. The Balaban J connectivity index is 1.95. The van der Waals surface area contributed by atoms with Gasteiger partial charge in [0.25, 0.3) is 5.91 Å². The molecule has 2 amide bonds. The van der Waals surface area contributed by atoms with Gasteiger partial charge in [-0.1, -0.05) is 83.9 Å². The summed E-state index contributed by atoms with van der Waals surface area (Å²) in [5.41, 5.74) is 1.20. The second-order valence-corrected chi connectivity index (χ2v) is 10.1. The van der Waals surface area contributed by atoms with Crippen molar-refractivity contribution in [1.82, 2.24) is 10.2 Å². The zero-order chi connectivity index (χ0) is 25.4. The summed E-state index contributed by atoms with van der Waals surface area (Å²) in [5.74, 6) is -0.201. The lowest BCUT2D eigenvalue weighted by Crippen LogP contribution is -2.55. The van der Waals surface area contributed by atoms with Crippen LogP contribution in [-0.4, -0.2) is 34.9 Å². The molecule has 0 aliphatic rings. The summed E-state index contributed by atoms with van der Waals surface area (Å²) < 4.78 is 5.74. The summed E-state index contributed by atoms with van der Waals surface area (Å²) in [6.07, 6.45) is 0.338. The van der Waals surface area contributed by atoms with Crippen molar-refractivity contribution in [2.45, 2.75) is 45.3 Å². The first-order valence-electron chi connectivity index (χ1n) is 11.4. The molecule has 0 aliphatic carbocycles. The average molecular weight is 513 g/mol. The fourth-order valence-corrected chi connectivity index (χ4v) is 3.99. The molecule has 1 atom stereocenters. The average Bonchev–Trinajstić information content (AvgIpc) is 2.81. The van der Waals surface area contributed by atoms with Gasteiger partial charge in [-0.15, -0.1) is 0 Å². The molecule has 0 heterocycles. The van der Waals surface area contributed by atoms with Crippen molar-refractivity contribution < 1.29 is 14.3 Å². The molecule has 184 valence electrons. The molecule has 3 aromatic rings. The van der Waals surface area contributed by atoms with E-state index in [2.05, 4.69) is 5.32 Å². The first-order valence-corrected chi connectivity index (χ1v) is 12.2. The van der Waals surface area contributed by atoms with Crippen LogP contribution in [-0.2, 0) is 22.6 Å². The standard InChI is InChI=1S/C28H30Cl2N2O3/c1-28(2,3)31-27(34)24(17-20-11-5-4-6-12-20)32(18-21-13-7-8-14-22(21)29)26(33)19-35-25-16-10-9-15-23(25)30/h4-16,24H,17-19H2,1-3H3,(H,31,34)/t24-/m1/s1. The van der Waals surface area contributed by atoms with Crippen LogP contribution in [0.1, 0.15) is 31.9 Å². The minimum Gasteiger partial charge on any atom is -0.482 e. The van der Waals surface area contributed by atoms with E-state index in [1.165, 1.54) is 4.90 Å². The first kappa shape index (κ1) is 26.6. The van der Waals surface area contributed by atoms with Gasteiger partial charge >= 0.3 is 0 Å². The SMILES string of the molecule is CC(C)(C)NC(=O)[C@@H](Cc1ccccc1)N(Cc1ccccc1Cl)C(=O)COc1ccccc1Cl. The molecule has 0 fully saturated rings. The van der Waals surface area contributed by atoms with E-state index >= 15 is 0 Å². The number of carbonyl (C=O) groups excluding carboxylic acids is 2. The van der Waals surface area contributed by atoms with Gasteiger partial charge in [0.2, 0.25) is 5.91 Å². The van der Waals surface area contributed by atoms with Gasteiger partial charge in [-0.25, -0.2) is 0 Å². The van der Waals surface area contributed by atoms with Crippen LogP contribution in [0, 0.1) is 0 Å². The van der Waals surface area contributed by atoms with Crippen molar-refractivity contribution in [3.8, 4) is 5.75 Å². The molecule has 0 saturated carbocycles. The summed E-state index contributed by atoms with van der Waals surface area (Å²) in [6.45, 7) is 5.60. The van der Waals surface area contributed by atoms with Crippen molar-refractivity contribution in [1.29, 1.82) is 0 Å². The quantitative estimate of drug-likeness (QED) is 0.386. The maximum Gasteiger partial charge on any atom is 0.261 e. The molecule has 35 heavy (non-hydrogen) atoms. The van der Waals surface area contributed by atoms with Crippen molar-refractivity contribution in [3.63, 3.8) is 0 Å². The maximum atomic E-state index is 13.6. The third-order valence-electron chi connectivity index (χ3n) is 5.26. The number of amides is 2. The Morgan fingerprint density at radius 1 is 0.886 bits per heavy atom. The van der Waals surface area contributed by atoms with E-state index < -0.39 is 11.6 Å². The van der Waals surface area contributed by atoms with E-state index in [9.17, 15) is 9.59 Å². The van der Waals surface area contributed by atoms with Gasteiger partial charge in [-0.2, -0.15) is 0 Å². The Bertz CT molecular complexity index is 1150. The summed E-state index contributed by atoms with van der Waals surface area (Å²) in [7, 11) is 0. The van der Waals surface area contributed by atoms with Gasteiger partial charge < -0.3 is 15.0 Å². The molecule has 0 aliphatic heterocycles. The Morgan fingerprint density at radius 2 is 1.49 bits per heavy atom. The number of hydrogen-bond acceptors (Lipinski definition) is 3. The molecule has 7 heteroatoms. The smallest absolute Gasteiger partial charge is 0.261 e. The van der Waals surface area contributed by atoms with Gasteiger partial charge in [0.15, 0.2) is 6.61 Å². The Morgan fingerprint density at radius 3 is 2.11 bits per heavy atom. The summed E-state index contributed by atoms with van der Waals surface area (Å²) in [6, 6.07) is 23.1. The lowest BCUT2D eigenvalue weighted by atomic mass is 10.0. The molecule has 0 unspecified atom stereocenters. The maximum absolute atomic E-state index is 13.6. The molecular formula is C28H30Cl2N2O3. The minimum atomic E-state index is -0.782. The highest BCUT2D eigenvalue weighted by Gasteiger charge is 2.32. The van der Waals surface area contributed by atoms with Crippen molar-refractivity contribution in [3.05, 3.63) is 100 Å². The van der Waals surface area contributed by atoms with Crippen molar-refractivity contribution >= 4 is 35.0 Å². The molecule has 1 N–H and O–H groups in total. The number of halogens is 2. The number of rotatable bonds is 9. The van der Waals surface area contributed by atoms with E-state index in [0.29, 0.717) is 22.2 Å². The third kappa shape index (κ3) is 8.01. The summed E-state index contributed by atoms with van der Waals surface area (Å²) in [4.78, 5) is 28.6. The molecule has 0 saturated heterocycles. The van der Waals surface area contributed by atoms with E-state index in [0.717, 1.165) is 11.1 Å². The van der Waals surface area contributed by atoms with Gasteiger partial charge in [0.05, 0.1) is 5.02 Å². The van der Waals surface area contributed by atoms with E-state index in [1.807, 2.05) is 69.3 Å². The zero-order valence-electron chi connectivity index (χ0n) is 20.1. The fourth-order valence-electron chi connectivity index (χ4n) is 3.60. The van der Waals surface area contributed by atoms with E-state index in [4.69, 9.17) is 27.9 Å². The van der Waals surface area contributed by atoms with E-state index in [-0.39, 0.29) is 25.0 Å². The highest BCUT2D eigenvalue weighted by Crippen LogP contribution is 2.24. The van der Waals surface area contributed by atoms with Gasteiger partial charge in [-0.05, 0) is 50.1 Å². The number of para-hydroxylation sites is 1. The Labute approximate surface area is 217 Å². The number of nitrogens with zero attached hydrogens (tertiary/aromatic N) is 1. The Hall–Kier alpha value is -3.02. The number of ether oxygens (including phenoxy) is 1. The van der Waals surface area contributed by atoms with Crippen LogP contribution < -0.4 is 10.1 Å². The monoisotopic (exact) mass is 512 g/mol. The predicted molar refractivity (Wildman–Crippen MR) is 141 cm³/mol. The van der Waals surface area contributed by atoms with Crippen LogP contribution in [0.5, 0.6) is 5.75 Å². The van der Waals surface area contributed by atoms with Gasteiger partial charge in [0, 0.05) is 23.5 Å². The van der Waals surface area contributed by atoms with Crippen LogP contribution in [0.25, 0.3) is 0 Å². The van der Waals surface area contributed by atoms with Crippen LogP contribution >= 0.6 is 23.2 Å². The fraction of sp³-hybridized carbons (Fsp3) is 0.286.